The smallest absolute Gasteiger partial charge is 0.118 e. The summed E-state index contributed by atoms with van der Waals surface area (Å²) < 4.78 is 10.6. The summed E-state index contributed by atoms with van der Waals surface area (Å²) in [6.07, 6.45) is 2.99. The topological polar surface area (TPSA) is 71.0 Å². The van der Waals surface area contributed by atoms with Gasteiger partial charge in [0.2, 0.25) is 0 Å². The Balaban J connectivity index is 1.58. The van der Waals surface area contributed by atoms with Gasteiger partial charge >= 0.3 is 0 Å². The highest BCUT2D eigenvalue weighted by molar-refractivity contribution is 5.26. The second-order valence-corrected chi connectivity index (χ2v) is 5.93. The monoisotopic (exact) mass is 309 g/mol. The molecule has 22 heavy (non-hydrogen) atoms. The molecule has 0 radical (unpaired) electrons. The summed E-state index contributed by atoms with van der Waals surface area (Å²) in [5, 5.41) is 22.7. The summed E-state index contributed by atoms with van der Waals surface area (Å²) in [6.45, 7) is 1.33. The van der Waals surface area contributed by atoms with Gasteiger partial charge in [-0.15, -0.1) is 0 Å². The summed E-state index contributed by atoms with van der Waals surface area (Å²) in [5.74, 6) is 0.825. The predicted octanol–water partition coefficient (Wildman–Crippen LogP) is 1.47. The molecule has 0 saturated heterocycles. The average molecular weight is 309 g/mol. The van der Waals surface area contributed by atoms with Gasteiger partial charge in [-0.3, -0.25) is 0 Å². The molecule has 0 amide bonds. The lowest BCUT2D eigenvalue weighted by molar-refractivity contribution is 0.0257. The van der Waals surface area contributed by atoms with Crippen molar-refractivity contribution in [1.82, 2.24) is 5.32 Å². The van der Waals surface area contributed by atoms with Crippen molar-refractivity contribution < 1.29 is 19.7 Å². The van der Waals surface area contributed by atoms with Crippen LogP contribution in [-0.2, 0) is 11.3 Å². The normalized spacial score (nSPS) is 23.2. The van der Waals surface area contributed by atoms with E-state index in [0.717, 1.165) is 37.0 Å². The summed E-state index contributed by atoms with van der Waals surface area (Å²) in [7, 11) is 1.64. The number of rotatable bonds is 8. The molecule has 0 bridgehead atoms. The lowest BCUT2D eigenvalue weighted by Crippen LogP contribution is -2.40. The maximum Gasteiger partial charge on any atom is 0.118 e. The third-order valence-electron chi connectivity index (χ3n) is 4.08. The molecule has 1 saturated carbocycles. The second-order valence-electron chi connectivity index (χ2n) is 5.93. The molecular formula is C17H27NO4. The van der Waals surface area contributed by atoms with Crippen LogP contribution < -0.4 is 10.1 Å². The van der Waals surface area contributed by atoms with Crippen molar-refractivity contribution in [1.29, 1.82) is 0 Å². The summed E-state index contributed by atoms with van der Waals surface area (Å²) in [5.41, 5.74) is 1.06. The number of ether oxygens (including phenoxy) is 2. The van der Waals surface area contributed by atoms with Crippen LogP contribution in [0.3, 0.4) is 0 Å². The maximum atomic E-state index is 9.94. The van der Waals surface area contributed by atoms with Crippen LogP contribution in [0, 0.1) is 0 Å². The van der Waals surface area contributed by atoms with Gasteiger partial charge < -0.3 is 25.0 Å². The van der Waals surface area contributed by atoms with E-state index in [2.05, 4.69) is 5.32 Å². The van der Waals surface area contributed by atoms with Crippen LogP contribution in [0.1, 0.15) is 31.2 Å². The molecular weight excluding hydrogens is 282 g/mol. The zero-order chi connectivity index (χ0) is 15.8. The van der Waals surface area contributed by atoms with Crippen molar-refractivity contribution in [3.05, 3.63) is 29.8 Å². The largest absolute Gasteiger partial charge is 0.497 e. The third kappa shape index (κ3) is 5.93. The molecule has 1 atom stereocenters. The molecule has 1 aromatic rings. The number of hydrogen-bond donors (Lipinski definition) is 3. The minimum atomic E-state index is -0.509. The van der Waals surface area contributed by atoms with Crippen LogP contribution >= 0.6 is 0 Å². The first kappa shape index (κ1) is 17.2. The fraction of sp³-hybridized carbons (Fsp3) is 0.647. The fourth-order valence-corrected chi connectivity index (χ4v) is 2.68. The molecule has 1 fully saturated rings. The molecule has 2 rings (SSSR count). The molecule has 1 aliphatic carbocycles. The Labute approximate surface area is 132 Å². The van der Waals surface area contributed by atoms with Gasteiger partial charge in [-0.25, -0.2) is 0 Å². The van der Waals surface area contributed by atoms with Gasteiger partial charge in [0.15, 0.2) is 0 Å². The number of methoxy groups -OCH3 is 1. The van der Waals surface area contributed by atoms with Crippen molar-refractivity contribution in [2.75, 3.05) is 20.3 Å². The second kappa shape index (κ2) is 9.10. The van der Waals surface area contributed by atoms with Crippen LogP contribution in [0.2, 0.25) is 0 Å². The lowest BCUT2D eigenvalue weighted by Gasteiger charge is -2.27. The van der Waals surface area contributed by atoms with Crippen LogP contribution in [0.25, 0.3) is 0 Å². The lowest BCUT2D eigenvalue weighted by atomic mass is 9.93. The van der Waals surface area contributed by atoms with E-state index in [-0.39, 0.29) is 6.10 Å². The zero-order valence-electron chi connectivity index (χ0n) is 13.2. The first-order valence-electron chi connectivity index (χ1n) is 7.97. The maximum absolute atomic E-state index is 9.94. The van der Waals surface area contributed by atoms with Gasteiger partial charge in [0.05, 0.1) is 32.5 Å². The van der Waals surface area contributed by atoms with Crippen molar-refractivity contribution in [3.63, 3.8) is 0 Å². The molecule has 0 spiro atoms. The van der Waals surface area contributed by atoms with Crippen LogP contribution in [0.4, 0.5) is 0 Å². The quantitative estimate of drug-likeness (QED) is 0.678. The Hall–Kier alpha value is -1.14. The van der Waals surface area contributed by atoms with Crippen molar-refractivity contribution in [2.24, 2.45) is 0 Å². The number of hydrogen-bond acceptors (Lipinski definition) is 5. The fourth-order valence-electron chi connectivity index (χ4n) is 2.68. The summed E-state index contributed by atoms with van der Waals surface area (Å²) in [6, 6.07) is 8.11. The van der Waals surface area contributed by atoms with E-state index in [1.54, 1.807) is 7.11 Å². The number of aliphatic hydroxyl groups excluding tert-OH is 2. The van der Waals surface area contributed by atoms with E-state index in [0.29, 0.717) is 25.8 Å². The average Bonchev–Trinajstić information content (AvgIpc) is 2.55. The first-order valence-corrected chi connectivity index (χ1v) is 7.97. The Morgan fingerprint density at radius 1 is 1.18 bits per heavy atom. The minimum Gasteiger partial charge on any atom is -0.497 e. The Bertz CT molecular complexity index is 415. The molecule has 1 aromatic carbocycles. The number of nitrogens with one attached hydrogen (secondary N) is 1. The zero-order valence-corrected chi connectivity index (χ0v) is 13.2. The highest BCUT2D eigenvalue weighted by atomic mass is 16.5. The SMILES string of the molecule is COc1ccc(COCC(O)CNC2CCC(O)CC2)cc1. The van der Waals surface area contributed by atoms with Gasteiger partial charge in [-0.05, 0) is 43.4 Å². The Kier molecular flexibility index (Phi) is 7.12. The number of benzene rings is 1. The molecule has 0 aliphatic heterocycles. The van der Waals surface area contributed by atoms with E-state index in [1.807, 2.05) is 24.3 Å². The number of aliphatic hydroxyl groups is 2. The Morgan fingerprint density at radius 2 is 1.86 bits per heavy atom. The Morgan fingerprint density at radius 3 is 2.50 bits per heavy atom. The molecule has 1 aliphatic rings. The molecule has 0 aromatic heterocycles. The molecule has 5 nitrogen and oxygen atoms in total. The standard InChI is InChI=1S/C17H27NO4/c1-21-17-8-2-13(3-9-17)11-22-12-16(20)10-18-14-4-6-15(19)7-5-14/h2-3,8-9,14-16,18-20H,4-7,10-12H2,1H3. The molecule has 1 unspecified atom stereocenters. The van der Waals surface area contributed by atoms with Crippen molar-refractivity contribution in [2.45, 2.75) is 50.5 Å². The summed E-state index contributed by atoms with van der Waals surface area (Å²) >= 11 is 0. The van der Waals surface area contributed by atoms with Crippen LogP contribution in [-0.4, -0.2) is 48.7 Å². The molecule has 0 heterocycles. The van der Waals surface area contributed by atoms with E-state index < -0.39 is 6.10 Å². The molecule has 124 valence electrons. The van der Waals surface area contributed by atoms with E-state index >= 15 is 0 Å². The molecule has 3 N–H and O–H groups in total. The van der Waals surface area contributed by atoms with E-state index in [4.69, 9.17) is 9.47 Å². The minimum absolute atomic E-state index is 0.143. The molecule has 5 heteroatoms. The first-order chi connectivity index (χ1) is 10.7. The van der Waals surface area contributed by atoms with Crippen molar-refractivity contribution in [3.8, 4) is 5.75 Å². The van der Waals surface area contributed by atoms with Gasteiger partial charge in [-0.2, -0.15) is 0 Å². The van der Waals surface area contributed by atoms with E-state index in [9.17, 15) is 10.2 Å². The van der Waals surface area contributed by atoms with Gasteiger partial charge in [-0.1, -0.05) is 12.1 Å². The van der Waals surface area contributed by atoms with Crippen LogP contribution in [0.5, 0.6) is 5.75 Å². The highest BCUT2D eigenvalue weighted by Gasteiger charge is 2.19. The predicted molar refractivity (Wildman–Crippen MR) is 84.9 cm³/mol. The highest BCUT2D eigenvalue weighted by Crippen LogP contribution is 2.18. The summed E-state index contributed by atoms with van der Waals surface area (Å²) in [4.78, 5) is 0. The van der Waals surface area contributed by atoms with Crippen LogP contribution in [0.15, 0.2) is 24.3 Å². The van der Waals surface area contributed by atoms with Gasteiger partial charge in [0, 0.05) is 12.6 Å². The van der Waals surface area contributed by atoms with E-state index in [1.165, 1.54) is 0 Å². The van der Waals surface area contributed by atoms with Gasteiger partial charge in [0.1, 0.15) is 5.75 Å². The van der Waals surface area contributed by atoms with Gasteiger partial charge in [0.25, 0.3) is 0 Å². The third-order valence-corrected chi connectivity index (χ3v) is 4.08. The van der Waals surface area contributed by atoms with Crippen molar-refractivity contribution >= 4 is 0 Å².